The fourth-order valence-corrected chi connectivity index (χ4v) is 3.26. The highest BCUT2D eigenvalue weighted by atomic mass is 16.2. The monoisotopic (exact) mass is 382 g/mol. The van der Waals surface area contributed by atoms with Gasteiger partial charge in [-0.2, -0.15) is 0 Å². The van der Waals surface area contributed by atoms with Crippen molar-refractivity contribution in [2.75, 3.05) is 5.32 Å². The molecule has 1 amide bonds. The van der Waals surface area contributed by atoms with Gasteiger partial charge in [0.25, 0.3) is 5.91 Å². The van der Waals surface area contributed by atoms with Crippen molar-refractivity contribution >= 4 is 11.6 Å². The van der Waals surface area contributed by atoms with Crippen LogP contribution in [0.5, 0.6) is 0 Å². The quantitative estimate of drug-likeness (QED) is 0.543. The highest BCUT2D eigenvalue weighted by Gasteiger charge is 2.18. The molecule has 0 unspecified atom stereocenters. The summed E-state index contributed by atoms with van der Waals surface area (Å²) >= 11 is 0. The first-order chi connectivity index (χ1) is 14.1. The SMILES string of the molecule is Cc1ccc(-n2nnc(C(=O)Nc3ccccc3Cc3ccccc3)c2C)cc1. The molecule has 0 saturated carbocycles. The zero-order valence-electron chi connectivity index (χ0n) is 16.5. The third-order valence-corrected chi connectivity index (χ3v) is 4.89. The predicted molar refractivity (Wildman–Crippen MR) is 114 cm³/mol. The summed E-state index contributed by atoms with van der Waals surface area (Å²) in [5.74, 6) is -0.263. The summed E-state index contributed by atoms with van der Waals surface area (Å²) < 4.78 is 1.68. The van der Waals surface area contributed by atoms with Crippen molar-refractivity contribution in [3.63, 3.8) is 0 Å². The second kappa shape index (κ2) is 8.10. The molecule has 1 heterocycles. The summed E-state index contributed by atoms with van der Waals surface area (Å²) in [4.78, 5) is 12.9. The van der Waals surface area contributed by atoms with Gasteiger partial charge in [0.2, 0.25) is 0 Å². The molecular weight excluding hydrogens is 360 g/mol. The van der Waals surface area contributed by atoms with Crippen molar-refractivity contribution in [3.8, 4) is 5.69 Å². The second-order valence-electron chi connectivity index (χ2n) is 7.04. The van der Waals surface area contributed by atoms with E-state index in [2.05, 4.69) is 27.8 Å². The summed E-state index contributed by atoms with van der Waals surface area (Å²) in [6.45, 7) is 3.88. The van der Waals surface area contributed by atoms with Crippen molar-refractivity contribution in [3.05, 3.63) is 107 Å². The van der Waals surface area contributed by atoms with Crippen LogP contribution in [0.1, 0.15) is 32.9 Å². The first-order valence-corrected chi connectivity index (χ1v) is 9.54. The Bertz CT molecular complexity index is 1130. The van der Waals surface area contributed by atoms with E-state index in [1.165, 1.54) is 11.1 Å². The van der Waals surface area contributed by atoms with Crippen molar-refractivity contribution in [1.29, 1.82) is 0 Å². The van der Waals surface area contributed by atoms with E-state index in [0.29, 0.717) is 11.4 Å². The van der Waals surface area contributed by atoms with E-state index in [4.69, 9.17) is 0 Å². The van der Waals surface area contributed by atoms with Crippen molar-refractivity contribution in [2.24, 2.45) is 0 Å². The normalized spacial score (nSPS) is 10.7. The summed E-state index contributed by atoms with van der Waals surface area (Å²) in [6.07, 6.45) is 0.742. The smallest absolute Gasteiger partial charge is 0.278 e. The fourth-order valence-electron chi connectivity index (χ4n) is 3.26. The lowest BCUT2D eigenvalue weighted by atomic mass is 10.0. The van der Waals surface area contributed by atoms with E-state index >= 15 is 0 Å². The lowest BCUT2D eigenvalue weighted by Crippen LogP contribution is -2.15. The van der Waals surface area contributed by atoms with Crippen LogP contribution in [-0.2, 0) is 6.42 Å². The highest BCUT2D eigenvalue weighted by molar-refractivity contribution is 6.04. The molecule has 144 valence electrons. The van der Waals surface area contributed by atoms with E-state index in [1.54, 1.807) is 4.68 Å². The molecule has 1 N–H and O–H groups in total. The average Bonchev–Trinajstić information content (AvgIpc) is 3.12. The van der Waals surface area contributed by atoms with Gasteiger partial charge in [0, 0.05) is 5.69 Å². The van der Waals surface area contributed by atoms with Crippen molar-refractivity contribution < 1.29 is 4.79 Å². The molecule has 29 heavy (non-hydrogen) atoms. The molecule has 0 bridgehead atoms. The number of amides is 1. The van der Waals surface area contributed by atoms with E-state index in [0.717, 1.165) is 23.4 Å². The van der Waals surface area contributed by atoms with Crippen LogP contribution >= 0.6 is 0 Å². The standard InChI is InChI=1S/C24H22N4O/c1-17-12-14-21(15-13-17)28-18(2)23(26-27-28)24(29)25-22-11-7-6-10-20(22)16-19-8-4-3-5-9-19/h3-15H,16H2,1-2H3,(H,25,29). The van der Waals surface area contributed by atoms with Crippen molar-refractivity contribution in [2.45, 2.75) is 20.3 Å². The van der Waals surface area contributed by atoms with E-state index in [-0.39, 0.29) is 5.91 Å². The van der Waals surface area contributed by atoms with Crippen LogP contribution in [0.2, 0.25) is 0 Å². The predicted octanol–water partition coefficient (Wildman–Crippen LogP) is 4.73. The second-order valence-corrected chi connectivity index (χ2v) is 7.04. The van der Waals surface area contributed by atoms with Gasteiger partial charge in [0.05, 0.1) is 11.4 Å². The summed E-state index contributed by atoms with van der Waals surface area (Å²) in [7, 11) is 0. The van der Waals surface area contributed by atoms with Gasteiger partial charge in [-0.1, -0.05) is 71.4 Å². The van der Waals surface area contributed by atoms with Crippen LogP contribution in [0.25, 0.3) is 5.69 Å². The minimum absolute atomic E-state index is 0.263. The number of aromatic nitrogens is 3. The Labute approximate surface area is 170 Å². The number of benzene rings is 3. The number of hydrogen-bond acceptors (Lipinski definition) is 3. The third-order valence-electron chi connectivity index (χ3n) is 4.89. The number of hydrogen-bond donors (Lipinski definition) is 1. The molecule has 4 aromatic rings. The molecule has 5 heteroatoms. The first-order valence-electron chi connectivity index (χ1n) is 9.54. The van der Waals surface area contributed by atoms with Crippen LogP contribution in [0.4, 0.5) is 5.69 Å². The fraction of sp³-hybridized carbons (Fsp3) is 0.125. The molecule has 0 fully saturated rings. The van der Waals surface area contributed by atoms with Crippen LogP contribution in [0.3, 0.4) is 0 Å². The number of carbonyl (C=O) groups is 1. The van der Waals surface area contributed by atoms with Crippen LogP contribution < -0.4 is 5.32 Å². The van der Waals surface area contributed by atoms with E-state index < -0.39 is 0 Å². The van der Waals surface area contributed by atoms with Gasteiger partial charge in [-0.15, -0.1) is 5.10 Å². The Balaban J connectivity index is 1.57. The largest absolute Gasteiger partial charge is 0.320 e. The molecule has 5 nitrogen and oxygen atoms in total. The molecule has 0 radical (unpaired) electrons. The molecule has 0 saturated heterocycles. The Morgan fingerprint density at radius 2 is 1.59 bits per heavy atom. The highest BCUT2D eigenvalue weighted by Crippen LogP contribution is 2.21. The van der Waals surface area contributed by atoms with E-state index in [1.807, 2.05) is 80.6 Å². The minimum Gasteiger partial charge on any atom is -0.320 e. The van der Waals surface area contributed by atoms with Crippen LogP contribution in [0.15, 0.2) is 78.9 Å². The Kier molecular flexibility index (Phi) is 5.20. The zero-order valence-corrected chi connectivity index (χ0v) is 16.5. The molecule has 0 spiro atoms. The van der Waals surface area contributed by atoms with Crippen LogP contribution in [0, 0.1) is 13.8 Å². The first kappa shape index (κ1) is 18.6. The Morgan fingerprint density at radius 3 is 2.34 bits per heavy atom. The number of nitrogens with one attached hydrogen (secondary N) is 1. The van der Waals surface area contributed by atoms with Gasteiger partial charge in [-0.25, -0.2) is 4.68 Å². The van der Waals surface area contributed by atoms with Gasteiger partial charge in [-0.05, 0) is 49.6 Å². The van der Waals surface area contributed by atoms with Gasteiger partial charge in [0.1, 0.15) is 0 Å². The maximum absolute atomic E-state index is 12.9. The molecule has 1 aromatic heterocycles. The summed E-state index contributed by atoms with van der Waals surface area (Å²) in [6, 6.07) is 26.0. The van der Waals surface area contributed by atoms with Crippen molar-refractivity contribution in [1.82, 2.24) is 15.0 Å². The Hall–Kier alpha value is -3.73. The molecule has 0 aliphatic heterocycles. The maximum atomic E-state index is 12.9. The number of carbonyl (C=O) groups excluding carboxylic acids is 1. The molecule has 0 aliphatic rings. The molecular formula is C24H22N4O. The average molecular weight is 382 g/mol. The number of nitrogens with zero attached hydrogens (tertiary/aromatic N) is 3. The summed E-state index contributed by atoms with van der Waals surface area (Å²) in [5.41, 5.74) is 6.09. The topological polar surface area (TPSA) is 59.8 Å². The third kappa shape index (κ3) is 4.09. The number of aryl methyl sites for hydroxylation is 1. The summed E-state index contributed by atoms with van der Waals surface area (Å²) in [5, 5.41) is 11.3. The number of para-hydroxylation sites is 1. The lowest BCUT2D eigenvalue weighted by molar-refractivity contribution is 0.102. The number of rotatable bonds is 5. The Morgan fingerprint density at radius 1 is 0.897 bits per heavy atom. The number of anilines is 1. The van der Waals surface area contributed by atoms with Gasteiger partial charge in [-0.3, -0.25) is 4.79 Å². The molecule has 3 aromatic carbocycles. The van der Waals surface area contributed by atoms with E-state index in [9.17, 15) is 4.79 Å². The zero-order chi connectivity index (χ0) is 20.2. The minimum atomic E-state index is -0.263. The van der Waals surface area contributed by atoms with Gasteiger partial charge < -0.3 is 5.32 Å². The lowest BCUT2D eigenvalue weighted by Gasteiger charge is -2.11. The van der Waals surface area contributed by atoms with Gasteiger partial charge >= 0.3 is 0 Å². The maximum Gasteiger partial charge on any atom is 0.278 e. The molecule has 0 atom stereocenters. The molecule has 4 rings (SSSR count). The van der Waals surface area contributed by atoms with Gasteiger partial charge in [0.15, 0.2) is 5.69 Å². The molecule has 0 aliphatic carbocycles. The van der Waals surface area contributed by atoms with Crippen LogP contribution in [-0.4, -0.2) is 20.9 Å².